The summed E-state index contributed by atoms with van der Waals surface area (Å²) in [6.45, 7) is 7.49. The summed E-state index contributed by atoms with van der Waals surface area (Å²) in [6, 6.07) is 10.1. The highest BCUT2D eigenvalue weighted by Gasteiger charge is 2.18. The lowest BCUT2D eigenvalue weighted by atomic mass is 10.0. The van der Waals surface area contributed by atoms with Crippen molar-refractivity contribution in [3.63, 3.8) is 0 Å². The summed E-state index contributed by atoms with van der Waals surface area (Å²) in [5.41, 5.74) is 0.574. The first kappa shape index (κ1) is 14.5. The molecule has 2 aromatic carbocycles. The molecule has 0 bridgehead atoms. The van der Waals surface area contributed by atoms with Gasteiger partial charge in [-0.05, 0) is 30.4 Å². The Morgan fingerprint density at radius 3 is 2.40 bits per heavy atom. The third-order valence-corrected chi connectivity index (χ3v) is 3.36. The number of carbonyl (C=O) groups excluding carboxylic acids is 1. The van der Waals surface area contributed by atoms with E-state index in [9.17, 15) is 9.18 Å². The van der Waals surface area contributed by atoms with Crippen LogP contribution in [-0.2, 0) is 0 Å². The van der Waals surface area contributed by atoms with Crippen molar-refractivity contribution in [3.05, 3.63) is 47.8 Å². The predicted molar refractivity (Wildman–Crippen MR) is 80.3 cm³/mol. The minimum atomic E-state index is -0.288. The van der Waals surface area contributed by atoms with Crippen molar-refractivity contribution in [2.24, 2.45) is 5.92 Å². The molecule has 0 unspecified atom stereocenters. The smallest absolute Gasteiger partial charge is 0.254 e. The topological polar surface area (TPSA) is 20.3 Å². The summed E-state index contributed by atoms with van der Waals surface area (Å²) >= 11 is 0. The standard InChI is InChI=1S/C17H20FNO/c1-4-19(11-12(2)3)17(20)15-9-10-16(18)14-8-6-5-7-13(14)15/h5-10,12H,4,11H2,1-3H3. The zero-order valence-corrected chi connectivity index (χ0v) is 12.2. The Hall–Kier alpha value is -1.90. The van der Waals surface area contributed by atoms with E-state index in [1.807, 2.05) is 17.9 Å². The molecule has 0 aliphatic carbocycles. The third-order valence-electron chi connectivity index (χ3n) is 3.36. The van der Waals surface area contributed by atoms with E-state index in [0.29, 0.717) is 35.3 Å². The second-order valence-electron chi connectivity index (χ2n) is 5.38. The zero-order valence-electron chi connectivity index (χ0n) is 12.2. The molecule has 0 heterocycles. The lowest BCUT2D eigenvalue weighted by Gasteiger charge is -2.23. The Bertz CT molecular complexity index is 621. The lowest BCUT2D eigenvalue weighted by Crippen LogP contribution is -2.34. The van der Waals surface area contributed by atoms with Gasteiger partial charge in [-0.2, -0.15) is 0 Å². The van der Waals surface area contributed by atoms with Crippen LogP contribution < -0.4 is 0 Å². The lowest BCUT2D eigenvalue weighted by molar-refractivity contribution is 0.0748. The second-order valence-corrected chi connectivity index (χ2v) is 5.38. The summed E-state index contributed by atoms with van der Waals surface area (Å²) in [5, 5.41) is 1.18. The quantitative estimate of drug-likeness (QED) is 0.821. The van der Waals surface area contributed by atoms with E-state index in [-0.39, 0.29) is 11.7 Å². The van der Waals surface area contributed by atoms with Crippen LogP contribution in [0.5, 0.6) is 0 Å². The van der Waals surface area contributed by atoms with E-state index in [1.165, 1.54) is 6.07 Å². The van der Waals surface area contributed by atoms with E-state index in [1.54, 1.807) is 24.3 Å². The van der Waals surface area contributed by atoms with Gasteiger partial charge in [-0.1, -0.05) is 38.1 Å². The zero-order chi connectivity index (χ0) is 14.7. The Morgan fingerprint density at radius 1 is 1.15 bits per heavy atom. The molecule has 1 amide bonds. The van der Waals surface area contributed by atoms with Crippen molar-refractivity contribution in [2.45, 2.75) is 20.8 Å². The van der Waals surface area contributed by atoms with Crippen molar-refractivity contribution >= 4 is 16.7 Å². The molecule has 0 radical (unpaired) electrons. The van der Waals surface area contributed by atoms with Gasteiger partial charge in [0, 0.05) is 24.0 Å². The highest BCUT2D eigenvalue weighted by atomic mass is 19.1. The van der Waals surface area contributed by atoms with Crippen LogP contribution >= 0.6 is 0 Å². The highest BCUT2D eigenvalue weighted by Crippen LogP contribution is 2.23. The summed E-state index contributed by atoms with van der Waals surface area (Å²) < 4.78 is 13.8. The molecule has 0 spiro atoms. The van der Waals surface area contributed by atoms with Crippen LogP contribution in [0, 0.1) is 11.7 Å². The van der Waals surface area contributed by atoms with E-state index < -0.39 is 0 Å². The molecule has 2 nitrogen and oxygen atoms in total. The molecule has 0 saturated heterocycles. The maximum atomic E-state index is 13.8. The van der Waals surface area contributed by atoms with Crippen molar-refractivity contribution in [2.75, 3.05) is 13.1 Å². The molecule has 2 rings (SSSR count). The van der Waals surface area contributed by atoms with Crippen molar-refractivity contribution in [1.29, 1.82) is 0 Å². The SMILES string of the molecule is CCN(CC(C)C)C(=O)c1ccc(F)c2ccccc12. The van der Waals surface area contributed by atoms with Crippen LogP contribution in [0.25, 0.3) is 10.8 Å². The molecule has 0 N–H and O–H groups in total. The maximum absolute atomic E-state index is 13.8. The van der Waals surface area contributed by atoms with Gasteiger partial charge in [-0.15, -0.1) is 0 Å². The highest BCUT2D eigenvalue weighted by molar-refractivity contribution is 6.07. The van der Waals surface area contributed by atoms with Crippen LogP contribution in [0.15, 0.2) is 36.4 Å². The summed E-state index contributed by atoms with van der Waals surface area (Å²) in [4.78, 5) is 14.5. The Kier molecular flexibility index (Phi) is 4.38. The van der Waals surface area contributed by atoms with Gasteiger partial charge >= 0.3 is 0 Å². The van der Waals surface area contributed by atoms with Crippen molar-refractivity contribution in [3.8, 4) is 0 Å². The van der Waals surface area contributed by atoms with Gasteiger partial charge in [-0.3, -0.25) is 4.79 Å². The average molecular weight is 273 g/mol. The van der Waals surface area contributed by atoms with Crippen LogP contribution in [0.1, 0.15) is 31.1 Å². The van der Waals surface area contributed by atoms with Crippen molar-refractivity contribution < 1.29 is 9.18 Å². The molecule has 0 aliphatic rings. The van der Waals surface area contributed by atoms with Crippen LogP contribution in [-0.4, -0.2) is 23.9 Å². The predicted octanol–water partition coefficient (Wildman–Crippen LogP) is 4.10. The molecule has 20 heavy (non-hydrogen) atoms. The van der Waals surface area contributed by atoms with E-state index in [2.05, 4.69) is 13.8 Å². The second kappa shape index (κ2) is 6.04. The molecule has 0 aliphatic heterocycles. The molecule has 0 atom stereocenters. The van der Waals surface area contributed by atoms with Gasteiger partial charge in [0.2, 0.25) is 0 Å². The third kappa shape index (κ3) is 2.82. The van der Waals surface area contributed by atoms with Gasteiger partial charge in [-0.25, -0.2) is 4.39 Å². The normalized spacial score (nSPS) is 11.1. The number of hydrogen-bond acceptors (Lipinski definition) is 1. The number of hydrogen-bond donors (Lipinski definition) is 0. The fourth-order valence-corrected chi connectivity index (χ4v) is 2.42. The fraction of sp³-hybridized carbons (Fsp3) is 0.353. The van der Waals surface area contributed by atoms with Crippen molar-refractivity contribution in [1.82, 2.24) is 4.90 Å². The molecule has 2 aromatic rings. The Balaban J connectivity index is 2.47. The van der Waals surface area contributed by atoms with Gasteiger partial charge < -0.3 is 4.90 Å². The number of benzene rings is 2. The van der Waals surface area contributed by atoms with Gasteiger partial charge in [0.05, 0.1) is 0 Å². The molecular weight excluding hydrogens is 253 g/mol. The number of amides is 1. The summed E-state index contributed by atoms with van der Waals surface area (Å²) in [6.07, 6.45) is 0. The Labute approximate surface area is 119 Å². The molecular formula is C17H20FNO. The Morgan fingerprint density at radius 2 is 1.80 bits per heavy atom. The van der Waals surface area contributed by atoms with Gasteiger partial charge in [0.25, 0.3) is 5.91 Å². The van der Waals surface area contributed by atoms with E-state index >= 15 is 0 Å². The minimum absolute atomic E-state index is 0.0302. The molecule has 0 saturated carbocycles. The number of fused-ring (bicyclic) bond motifs is 1. The first-order chi connectivity index (χ1) is 9.54. The van der Waals surface area contributed by atoms with Gasteiger partial charge in [0.1, 0.15) is 5.82 Å². The number of halogens is 1. The summed E-state index contributed by atoms with van der Waals surface area (Å²) in [7, 11) is 0. The molecule has 0 fully saturated rings. The molecule has 106 valence electrons. The first-order valence-electron chi connectivity index (χ1n) is 7.01. The maximum Gasteiger partial charge on any atom is 0.254 e. The van der Waals surface area contributed by atoms with E-state index in [4.69, 9.17) is 0 Å². The van der Waals surface area contributed by atoms with Crippen LogP contribution in [0.3, 0.4) is 0 Å². The number of carbonyl (C=O) groups is 1. The largest absolute Gasteiger partial charge is 0.339 e. The van der Waals surface area contributed by atoms with Crippen LogP contribution in [0.2, 0.25) is 0 Å². The number of rotatable bonds is 4. The monoisotopic (exact) mass is 273 g/mol. The van der Waals surface area contributed by atoms with E-state index in [0.717, 1.165) is 0 Å². The summed E-state index contributed by atoms with van der Waals surface area (Å²) in [5.74, 6) is 0.0899. The van der Waals surface area contributed by atoms with Crippen LogP contribution in [0.4, 0.5) is 4.39 Å². The number of nitrogens with zero attached hydrogens (tertiary/aromatic N) is 1. The fourth-order valence-electron chi connectivity index (χ4n) is 2.42. The molecule has 3 heteroatoms. The van der Waals surface area contributed by atoms with Gasteiger partial charge in [0.15, 0.2) is 0 Å². The first-order valence-corrected chi connectivity index (χ1v) is 7.01. The molecule has 0 aromatic heterocycles. The minimum Gasteiger partial charge on any atom is -0.339 e. The average Bonchev–Trinajstić information content (AvgIpc) is 2.44.